The molecule has 240 valence electrons. The molecule has 1 aromatic heterocycles. The number of carbonyl (C=O) groups is 3. The van der Waals surface area contributed by atoms with E-state index in [9.17, 15) is 27.9 Å². The van der Waals surface area contributed by atoms with E-state index in [1.807, 2.05) is 43.3 Å². The molecule has 0 aliphatic rings. The predicted molar refractivity (Wildman–Crippen MR) is 178 cm³/mol. The Kier molecular flexibility index (Phi) is 10.9. The van der Waals surface area contributed by atoms with Crippen LogP contribution in [0.25, 0.3) is 10.4 Å². The molecule has 0 spiro atoms. The van der Waals surface area contributed by atoms with Gasteiger partial charge in [-0.1, -0.05) is 60.2 Å². The van der Waals surface area contributed by atoms with Gasteiger partial charge in [-0.2, -0.15) is 4.72 Å². The number of carboxylic acids is 1. The lowest BCUT2D eigenvalue weighted by Gasteiger charge is -2.18. The highest BCUT2D eigenvalue weighted by molar-refractivity contribution is 7.89. The van der Waals surface area contributed by atoms with E-state index in [0.29, 0.717) is 23.4 Å². The van der Waals surface area contributed by atoms with Gasteiger partial charge in [-0.15, -0.1) is 11.3 Å². The topological polar surface area (TPSA) is 192 Å². The zero-order valence-electron chi connectivity index (χ0n) is 25.3. The largest absolute Gasteiger partial charge is 0.480 e. The Morgan fingerprint density at radius 1 is 0.913 bits per heavy atom. The van der Waals surface area contributed by atoms with Gasteiger partial charge in [-0.3, -0.25) is 14.9 Å². The van der Waals surface area contributed by atoms with Crippen LogP contribution < -0.4 is 26.4 Å². The smallest absolute Gasteiger partial charge is 0.323 e. The summed E-state index contributed by atoms with van der Waals surface area (Å²) in [6, 6.07) is 21.0. The number of hydrogen-bond donors (Lipinski definition) is 6. The highest BCUT2D eigenvalue weighted by atomic mass is 32.2. The fourth-order valence-electron chi connectivity index (χ4n) is 4.75. The highest BCUT2D eigenvalue weighted by Crippen LogP contribution is 2.30. The number of guanidine groups is 1. The summed E-state index contributed by atoms with van der Waals surface area (Å²) < 4.78 is 28.4. The summed E-state index contributed by atoms with van der Waals surface area (Å²) in [5, 5.41) is 17.4. The summed E-state index contributed by atoms with van der Waals surface area (Å²) in [6.07, 6.45) is 0. The van der Waals surface area contributed by atoms with Gasteiger partial charge in [-0.05, 0) is 67.3 Å². The van der Waals surface area contributed by atoms with E-state index in [1.54, 1.807) is 56.3 Å². The van der Waals surface area contributed by atoms with Crippen LogP contribution in [0.3, 0.4) is 0 Å². The average Bonchev–Trinajstić information content (AvgIpc) is 3.48. The number of amides is 3. The van der Waals surface area contributed by atoms with Crippen molar-refractivity contribution in [1.82, 2.24) is 20.7 Å². The Labute approximate surface area is 270 Å². The third-order valence-electron chi connectivity index (χ3n) is 6.68. The molecule has 0 aliphatic heterocycles. The van der Waals surface area contributed by atoms with Gasteiger partial charge in [0.1, 0.15) is 6.04 Å². The third kappa shape index (κ3) is 9.00. The summed E-state index contributed by atoms with van der Waals surface area (Å²) >= 11 is 1.15. The molecular formula is C32H34N6O6S2. The van der Waals surface area contributed by atoms with Crippen LogP contribution in [-0.4, -0.2) is 50.0 Å². The maximum absolute atomic E-state index is 13.1. The van der Waals surface area contributed by atoms with E-state index in [1.165, 1.54) is 0 Å². The second kappa shape index (κ2) is 14.8. The highest BCUT2D eigenvalue weighted by Gasteiger charge is 2.28. The monoisotopic (exact) mass is 662 g/mol. The normalized spacial score (nSPS) is 12.3. The van der Waals surface area contributed by atoms with E-state index in [2.05, 4.69) is 25.7 Å². The van der Waals surface area contributed by atoms with Crippen molar-refractivity contribution < 1.29 is 27.9 Å². The Hall–Kier alpha value is -5.05. The molecule has 12 nitrogen and oxygen atoms in total. The van der Waals surface area contributed by atoms with Gasteiger partial charge in [0.05, 0.1) is 15.5 Å². The first-order valence-electron chi connectivity index (χ1n) is 14.1. The van der Waals surface area contributed by atoms with E-state index in [4.69, 9.17) is 5.73 Å². The van der Waals surface area contributed by atoms with Crippen LogP contribution in [0.4, 0.5) is 10.5 Å². The molecule has 1 atom stereocenters. The number of urea groups is 1. The summed E-state index contributed by atoms with van der Waals surface area (Å²) in [7, 11) is -4.19. The van der Waals surface area contributed by atoms with E-state index >= 15 is 0 Å². The first kappa shape index (κ1) is 33.8. The van der Waals surface area contributed by atoms with Gasteiger partial charge < -0.3 is 21.5 Å². The number of sulfonamides is 1. The SMILES string of the molecule is Cc1cc(C)c(S(=O)(=O)N[C@@H](CNC(=O)c2ccc(-c3cccc(N=C(N)NC(=O)NCc4ccccc4)c3)s2)C(=O)O)c(C)c1. The Morgan fingerprint density at radius 2 is 1.61 bits per heavy atom. The molecule has 7 N–H and O–H groups in total. The van der Waals surface area contributed by atoms with Crippen molar-refractivity contribution in [2.75, 3.05) is 6.54 Å². The maximum atomic E-state index is 13.1. The molecule has 3 amide bonds. The first-order valence-corrected chi connectivity index (χ1v) is 16.4. The number of nitrogens with zero attached hydrogens (tertiary/aromatic N) is 1. The number of aryl methyl sites for hydroxylation is 3. The number of carbonyl (C=O) groups excluding carboxylic acids is 2. The molecular weight excluding hydrogens is 629 g/mol. The standard InChI is InChI=1S/C32H34N6O6S2/c1-19-14-20(2)28(21(3)15-19)46(43,44)38-25(30(40)41)18-34-29(39)27-13-12-26(45-27)23-10-7-11-24(16-23)36-31(33)37-32(42)35-17-22-8-5-4-6-9-22/h4-16,25,38H,17-18H2,1-3H3,(H,34,39)(H,40,41)(H4,33,35,36,37,42)/t25-/m0/s1. The first-order chi connectivity index (χ1) is 21.8. The molecule has 0 radical (unpaired) electrons. The van der Waals surface area contributed by atoms with Crippen LogP contribution in [0.1, 0.15) is 31.9 Å². The van der Waals surface area contributed by atoms with Crippen molar-refractivity contribution in [1.29, 1.82) is 0 Å². The molecule has 0 bridgehead atoms. The van der Waals surface area contributed by atoms with Crippen molar-refractivity contribution in [2.45, 2.75) is 38.3 Å². The van der Waals surface area contributed by atoms with Crippen molar-refractivity contribution in [2.24, 2.45) is 10.7 Å². The molecule has 46 heavy (non-hydrogen) atoms. The van der Waals surface area contributed by atoms with Crippen LogP contribution in [-0.2, 0) is 21.4 Å². The van der Waals surface area contributed by atoms with Crippen LogP contribution >= 0.6 is 11.3 Å². The number of carboxylic acid groups (broad SMARTS) is 1. The van der Waals surface area contributed by atoms with E-state index in [-0.39, 0.29) is 15.7 Å². The number of aliphatic carboxylic acids is 1. The Balaban J connectivity index is 1.37. The van der Waals surface area contributed by atoms with Gasteiger partial charge in [-0.25, -0.2) is 18.2 Å². The van der Waals surface area contributed by atoms with Crippen LogP contribution in [0.5, 0.6) is 0 Å². The molecule has 4 aromatic rings. The van der Waals surface area contributed by atoms with Crippen molar-refractivity contribution in [3.8, 4) is 10.4 Å². The van der Waals surface area contributed by atoms with Crippen molar-refractivity contribution >= 4 is 50.9 Å². The number of nitrogens with one attached hydrogen (secondary N) is 4. The van der Waals surface area contributed by atoms with E-state index in [0.717, 1.165) is 32.9 Å². The zero-order valence-corrected chi connectivity index (χ0v) is 27.0. The summed E-state index contributed by atoms with van der Waals surface area (Å²) in [5.74, 6) is -2.10. The van der Waals surface area contributed by atoms with Crippen LogP contribution in [0.2, 0.25) is 0 Å². The number of hydrogen-bond acceptors (Lipinski definition) is 7. The number of rotatable bonds is 11. The minimum absolute atomic E-state index is 0.00834. The van der Waals surface area contributed by atoms with Gasteiger partial charge >= 0.3 is 12.0 Å². The number of nitrogens with two attached hydrogens (primary N) is 1. The number of benzene rings is 3. The summed E-state index contributed by atoms with van der Waals surface area (Å²) in [5.41, 5.74) is 9.90. The third-order valence-corrected chi connectivity index (χ3v) is 9.59. The van der Waals surface area contributed by atoms with Crippen LogP contribution in [0.15, 0.2) is 88.8 Å². The number of thiophene rings is 1. The lowest BCUT2D eigenvalue weighted by molar-refractivity contribution is -0.138. The van der Waals surface area contributed by atoms with Crippen LogP contribution in [0, 0.1) is 20.8 Å². The number of aliphatic imine (C=N–C) groups is 1. The van der Waals surface area contributed by atoms with Gasteiger partial charge in [0, 0.05) is 18.0 Å². The summed E-state index contributed by atoms with van der Waals surface area (Å²) in [6.45, 7) is 4.97. The second-order valence-electron chi connectivity index (χ2n) is 10.5. The molecule has 0 saturated heterocycles. The van der Waals surface area contributed by atoms with Gasteiger partial charge in [0.25, 0.3) is 5.91 Å². The molecule has 1 heterocycles. The fraction of sp³-hybridized carbons (Fsp3) is 0.188. The molecule has 0 fully saturated rings. The minimum Gasteiger partial charge on any atom is -0.480 e. The fourth-order valence-corrected chi connectivity index (χ4v) is 7.31. The Bertz CT molecular complexity index is 1870. The quantitative estimate of drug-likeness (QED) is 0.103. The van der Waals surface area contributed by atoms with Gasteiger partial charge in [0.2, 0.25) is 16.0 Å². The lowest BCUT2D eigenvalue weighted by atomic mass is 10.1. The minimum atomic E-state index is -4.19. The Morgan fingerprint density at radius 3 is 2.28 bits per heavy atom. The molecule has 0 unspecified atom stereocenters. The molecule has 4 rings (SSSR count). The van der Waals surface area contributed by atoms with Crippen molar-refractivity contribution in [3.05, 3.63) is 106 Å². The van der Waals surface area contributed by atoms with E-state index < -0.39 is 40.5 Å². The lowest BCUT2D eigenvalue weighted by Crippen LogP contribution is -2.48. The van der Waals surface area contributed by atoms with Crippen molar-refractivity contribution in [3.63, 3.8) is 0 Å². The molecule has 14 heteroatoms. The average molecular weight is 663 g/mol. The molecule has 0 saturated carbocycles. The zero-order chi connectivity index (χ0) is 33.4. The summed E-state index contributed by atoms with van der Waals surface area (Å²) in [4.78, 5) is 42.3. The van der Waals surface area contributed by atoms with Gasteiger partial charge in [0.15, 0.2) is 0 Å². The molecule has 0 aliphatic carbocycles. The second-order valence-corrected chi connectivity index (χ2v) is 13.2. The molecule has 3 aromatic carbocycles. The maximum Gasteiger partial charge on any atom is 0.323 e. The predicted octanol–water partition coefficient (Wildman–Crippen LogP) is 3.95.